The third kappa shape index (κ3) is 2.90. The van der Waals surface area contributed by atoms with E-state index in [1.54, 1.807) is 0 Å². The lowest BCUT2D eigenvalue weighted by Crippen LogP contribution is -2.52. The molecule has 1 aromatic carbocycles. The van der Waals surface area contributed by atoms with Gasteiger partial charge >= 0.3 is 0 Å². The SMILES string of the molecule is NCc1ccc(CN2CCC3(O)CCCCC3C2)cc1. The highest BCUT2D eigenvalue weighted by molar-refractivity contribution is 5.22. The molecule has 1 heterocycles. The van der Waals surface area contributed by atoms with E-state index in [2.05, 4.69) is 29.2 Å². The molecule has 110 valence electrons. The van der Waals surface area contributed by atoms with E-state index in [0.29, 0.717) is 12.5 Å². The van der Waals surface area contributed by atoms with Gasteiger partial charge in [-0.25, -0.2) is 0 Å². The van der Waals surface area contributed by atoms with Gasteiger partial charge in [-0.3, -0.25) is 4.90 Å². The Labute approximate surface area is 121 Å². The van der Waals surface area contributed by atoms with Crippen LogP contribution in [-0.4, -0.2) is 28.7 Å². The van der Waals surface area contributed by atoms with Crippen LogP contribution in [0.2, 0.25) is 0 Å². The maximum atomic E-state index is 10.7. The van der Waals surface area contributed by atoms with Gasteiger partial charge < -0.3 is 10.8 Å². The Bertz CT molecular complexity index is 445. The van der Waals surface area contributed by atoms with Gasteiger partial charge in [0, 0.05) is 32.1 Å². The van der Waals surface area contributed by atoms with Crippen molar-refractivity contribution >= 4 is 0 Å². The summed E-state index contributed by atoms with van der Waals surface area (Å²) in [5.74, 6) is 0.480. The van der Waals surface area contributed by atoms with Gasteiger partial charge in [-0.05, 0) is 30.4 Å². The minimum atomic E-state index is -0.363. The number of likely N-dealkylation sites (tertiary alicyclic amines) is 1. The summed E-state index contributed by atoms with van der Waals surface area (Å²) < 4.78 is 0. The number of benzene rings is 1. The molecule has 1 saturated carbocycles. The van der Waals surface area contributed by atoms with Crippen LogP contribution in [-0.2, 0) is 13.1 Å². The fourth-order valence-electron chi connectivity index (χ4n) is 3.82. The zero-order chi connectivity index (χ0) is 14.0. The summed E-state index contributed by atoms with van der Waals surface area (Å²) in [5.41, 5.74) is 7.81. The molecule has 2 unspecified atom stereocenters. The summed E-state index contributed by atoms with van der Waals surface area (Å²) in [5, 5.41) is 10.7. The van der Waals surface area contributed by atoms with Gasteiger partial charge in [0.2, 0.25) is 0 Å². The third-order valence-electron chi connectivity index (χ3n) is 5.18. The fraction of sp³-hybridized carbons (Fsp3) is 0.647. The second kappa shape index (κ2) is 5.84. The van der Waals surface area contributed by atoms with Crippen molar-refractivity contribution in [3.63, 3.8) is 0 Å². The predicted octanol–water partition coefficient (Wildman–Crippen LogP) is 2.27. The summed E-state index contributed by atoms with van der Waals surface area (Å²) in [6, 6.07) is 8.61. The number of hydrogen-bond acceptors (Lipinski definition) is 3. The Morgan fingerprint density at radius 1 is 1.15 bits per heavy atom. The highest BCUT2D eigenvalue weighted by Crippen LogP contribution is 2.39. The van der Waals surface area contributed by atoms with Crippen molar-refractivity contribution in [2.45, 2.75) is 50.8 Å². The average molecular weight is 274 g/mol. The van der Waals surface area contributed by atoms with E-state index in [0.717, 1.165) is 32.5 Å². The zero-order valence-corrected chi connectivity index (χ0v) is 12.2. The van der Waals surface area contributed by atoms with Crippen LogP contribution >= 0.6 is 0 Å². The number of piperidine rings is 1. The van der Waals surface area contributed by atoms with Crippen molar-refractivity contribution in [3.05, 3.63) is 35.4 Å². The van der Waals surface area contributed by atoms with Crippen molar-refractivity contribution in [1.29, 1.82) is 0 Å². The molecule has 0 bridgehead atoms. The second-order valence-corrected chi connectivity index (χ2v) is 6.55. The first-order chi connectivity index (χ1) is 9.69. The minimum Gasteiger partial charge on any atom is -0.390 e. The smallest absolute Gasteiger partial charge is 0.0700 e. The van der Waals surface area contributed by atoms with E-state index in [-0.39, 0.29) is 5.60 Å². The quantitative estimate of drug-likeness (QED) is 0.889. The molecule has 0 radical (unpaired) electrons. The fourth-order valence-corrected chi connectivity index (χ4v) is 3.82. The molecule has 20 heavy (non-hydrogen) atoms. The zero-order valence-electron chi connectivity index (χ0n) is 12.2. The minimum absolute atomic E-state index is 0.363. The Morgan fingerprint density at radius 2 is 1.90 bits per heavy atom. The van der Waals surface area contributed by atoms with Gasteiger partial charge in [-0.15, -0.1) is 0 Å². The van der Waals surface area contributed by atoms with Crippen molar-refractivity contribution in [3.8, 4) is 0 Å². The monoisotopic (exact) mass is 274 g/mol. The predicted molar refractivity (Wildman–Crippen MR) is 81.1 cm³/mol. The van der Waals surface area contributed by atoms with Gasteiger partial charge in [-0.2, -0.15) is 0 Å². The summed E-state index contributed by atoms with van der Waals surface area (Å²) in [6.45, 7) is 3.68. The van der Waals surface area contributed by atoms with Crippen molar-refractivity contribution in [2.24, 2.45) is 11.7 Å². The molecule has 1 aliphatic carbocycles. The average Bonchev–Trinajstić information content (AvgIpc) is 2.48. The molecule has 2 fully saturated rings. The van der Waals surface area contributed by atoms with E-state index in [1.165, 1.54) is 30.4 Å². The molecular weight excluding hydrogens is 248 g/mol. The number of fused-ring (bicyclic) bond motifs is 1. The van der Waals surface area contributed by atoms with Crippen molar-refractivity contribution in [2.75, 3.05) is 13.1 Å². The van der Waals surface area contributed by atoms with E-state index in [9.17, 15) is 5.11 Å². The highest BCUT2D eigenvalue weighted by atomic mass is 16.3. The number of nitrogens with zero attached hydrogens (tertiary/aromatic N) is 1. The first-order valence-electron chi connectivity index (χ1n) is 7.92. The molecule has 2 aliphatic rings. The summed E-state index contributed by atoms with van der Waals surface area (Å²) in [6.07, 6.45) is 5.63. The van der Waals surface area contributed by atoms with Gasteiger partial charge in [0.05, 0.1) is 5.60 Å². The Hall–Kier alpha value is -0.900. The Morgan fingerprint density at radius 3 is 2.65 bits per heavy atom. The van der Waals surface area contributed by atoms with Crippen LogP contribution in [0, 0.1) is 5.92 Å². The number of rotatable bonds is 3. The first kappa shape index (κ1) is 14.1. The van der Waals surface area contributed by atoms with Crippen LogP contribution < -0.4 is 5.73 Å². The molecule has 0 aromatic heterocycles. The van der Waals surface area contributed by atoms with Gasteiger partial charge in [0.25, 0.3) is 0 Å². The largest absolute Gasteiger partial charge is 0.390 e. The number of hydrogen-bond donors (Lipinski definition) is 2. The van der Waals surface area contributed by atoms with E-state index < -0.39 is 0 Å². The van der Waals surface area contributed by atoms with Crippen LogP contribution in [0.4, 0.5) is 0 Å². The van der Waals surface area contributed by atoms with Crippen LogP contribution in [0.15, 0.2) is 24.3 Å². The topological polar surface area (TPSA) is 49.5 Å². The molecule has 3 N–H and O–H groups in total. The molecule has 1 aliphatic heterocycles. The van der Waals surface area contributed by atoms with Gasteiger partial charge in [0.1, 0.15) is 0 Å². The van der Waals surface area contributed by atoms with Crippen LogP contribution in [0.5, 0.6) is 0 Å². The molecule has 1 saturated heterocycles. The van der Waals surface area contributed by atoms with Crippen LogP contribution in [0.25, 0.3) is 0 Å². The summed E-state index contributed by atoms with van der Waals surface area (Å²) in [7, 11) is 0. The summed E-state index contributed by atoms with van der Waals surface area (Å²) in [4.78, 5) is 2.50. The maximum absolute atomic E-state index is 10.7. The number of aliphatic hydroxyl groups is 1. The Balaban J connectivity index is 1.61. The van der Waals surface area contributed by atoms with E-state index >= 15 is 0 Å². The maximum Gasteiger partial charge on any atom is 0.0700 e. The van der Waals surface area contributed by atoms with Gasteiger partial charge in [0.15, 0.2) is 0 Å². The lowest BCUT2D eigenvalue weighted by molar-refractivity contribution is -0.0967. The van der Waals surface area contributed by atoms with Gasteiger partial charge in [-0.1, -0.05) is 37.1 Å². The number of nitrogens with two attached hydrogens (primary N) is 1. The molecule has 2 atom stereocenters. The molecule has 1 aromatic rings. The van der Waals surface area contributed by atoms with Crippen molar-refractivity contribution < 1.29 is 5.11 Å². The first-order valence-corrected chi connectivity index (χ1v) is 7.92. The Kier molecular flexibility index (Phi) is 4.11. The van der Waals surface area contributed by atoms with Crippen LogP contribution in [0.3, 0.4) is 0 Å². The molecular formula is C17H26N2O. The molecule has 3 nitrogen and oxygen atoms in total. The normalized spacial score (nSPS) is 31.0. The lowest BCUT2D eigenvalue weighted by Gasteiger charge is -2.47. The second-order valence-electron chi connectivity index (χ2n) is 6.55. The molecule has 0 amide bonds. The molecule has 3 rings (SSSR count). The van der Waals surface area contributed by atoms with Crippen LogP contribution in [0.1, 0.15) is 43.2 Å². The van der Waals surface area contributed by atoms with Crippen molar-refractivity contribution in [1.82, 2.24) is 4.90 Å². The molecule has 3 heteroatoms. The third-order valence-corrected chi connectivity index (χ3v) is 5.18. The molecule has 0 spiro atoms. The van der Waals surface area contributed by atoms with E-state index in [4.69, 9.17) is 5.73 Å². The summed E-state index contributed by atoms with van der Waals surface area (Å²) >= 11 is 0. The standard InChI is InChI=1S/C17H26N2O/c18-11-14-4-6-15(7-5-14)12-19-10-9-17(20)8-2-1-3-16(17)13-19/h4-7,16,20H,1-3,8-13,18H2. The van der Waals surface area contributed by atoms with E-state index in [1.807, 2.05) is 0 Å². The highest BCUT2D eigenvalue weighted by Gasteiger charge is 2.42. The lowest BCUT2D eigenvalue weighted by atomic mass is 9.71.